The third-order valence-corrected chi connectivity index (χ3v) is 4.66. The van der Waals surface area contributed by atoms with Crippen molar-refractivity contribution in [1.82, 2.24) is 15.3 Å². The molecule has 0 spiro atoms. The van der Waals surface area contributed by atoms with Crippen molar-refractivity contribution in [3.05, 3.63) is 42.6 Å². The summed E-state index contributed by atoms with van der Waals surface area (Å²) >= 11 is 0. The second-order valence-corrected chi connectivity index (χ2v) is 6.55. The maximum absolute atomic E-state index is 5.57. The molecular weight excluding hydrogens is 316 g/mol. The van der Waals surface area contributed by atoms with E-state index in [-0.39, 0.29) is 6.04 Å². The molecule has 1 atom stereocenters. The van der Waals surface area contributed by atoms with Crippen LogP contribution < -0.4 is 10.2 Å². The van der Waals surface area contributed by atoms with Crippen molar-refractivity contribution in [2.45, 2.75) is 18.5 Å². The van der Waals surface area contributed by atoms with Crippen molar-refractivity contribution in [3.63, 3.8) is 0 Å². The first kappa shape index (κ1) is 16.4. The Morgan fingerprint density at radius 2 is 1.80 bits per heavy atom. The molecule has 25 heavy (non-hydrogen) atoms. The SMILES string of the molecule is c1ccc(-c2ccnc(N3CCC(NC4COCCOC4)C3)n2)cc1. The van der Waals surface area contributed by atoms with Gasteiger partial charge in [-0.25, -0.2) is 9.97 Å². The topological polar surface area (TPSA) is 59.5 Å². The first-order chi connectivity index (χ1) is 12.4. The summed E-state index contributed by atoms with van der Waals surface area (Å²) < 4.78 is 11.1. The van der Waals surface area contributed by atoms with Crippen LogP contribution in [0.4, 0.5) is 5.95 Å². The third-order valence-electron chi connectivity index (χ3n) is 4.66. The monoisotopic (exact) mass is 340 g/mol. The number of rotatable bonds is 4. The van der Waals surface area contributed by atoms with E-state index in [9.17, 15) is 0 Å². The van der Waals surface area contributed by atoms with E-state index in [0.717, 1.165) is 49.9 Å². The van der Waals surface area contributed by atoms with Crippen LogP contribution in [-0.4, -0.2) is 61.6 Å². The summed E-state index contributed by atoms with van der Waals surface area (Å²) in [5.41, 5.74) is 2.08. The van der Waals surface area contributed by atoms with E-state index in [1.165, 1.54) is 0 Å². The van der Waals surface area contributed by atoms with Crippen LogP contribution >= 0.6 is 0 Å². The minimum absolute atomic E-state index is 0.268. The largest absolute Gasteiger partial charge is 0.377 e. The molecule has 0 radical (unpaired) electrons. The highest BCUT2D eigenvalue weighted by Crippen LogP contribution is 2.21. The Morgan fingerprint density at radius 1 is 1.00 bits per heavy atom. The molecule has 6 heteroatoms. The fourth-order valence-electron chi connectivity index (χ4n) is 3.40. The van der Waals surface area contributed by atoms with Crippen molar-refractivity contribution in [2.24, 2.45) is 0 Å². The summed E-state index contributed by atoms with van der Waals surface area (Å²) in [5, 5.41) is 3.66. The molecular formula is C19H24N4O2. The number of nitrogens with one attached hydrogen (secondary N) is 1. The zero-order chi connectivity index (χ0) is 16.9. The fraction of sp³-hybridized carbons (Fsp3) is 0.474. The molecule has 1 unspecified atom stereocenters. The van der Waals surface area contributed by atoms with Crippen molar-refractivity contribution < 1.29 is 9.47 Å². The number of benzene rings is 1. The maximum Gasteiger partial charge on any atom is 0.225 e. The number of aromatic nitrogens is 2. The summed E-state index contributed by atoms with van der Waals surface area (Å²) in [6, 6.07) is 12.9. The number of anilines is 1. The summed E-state index contributed by atoms with van der Waals surface area (Å²) in [5.74, 6) is 0.805. The Morgan fingerprint density at radius 3 is 2.60 bits per heavy atom. The first-order valence-electron chi connectivity index (χ1n) is 8.93. The second-order valence-electron chi connectivity index (χ2n) is 6.55. The van der Waals surface area contributed by atoms with Crippen molar-refractivity contribution in [3.8, 4) is 11.3 Å². The molecule has 0 saturated carbocycles. The molecule has 2 fully saturated rings. The van der Waals surface area contributed by atoms with E-state index in [4.69, 9.17) is 14.5 Å². The number of nitrogens with zero attached hydrogens (tertiary/aromatic N) is 3. The molecule has 0 aliphatic carbocycles. The van der Waals surface area contributed by atoms with Crippen molar-refractivity contribution >= 4 is 5.95 Å². The van der Waals surface area contributed by atoms with Gasteiger partial charge in [0.25, 0.3) is 0 Å². The molecule has 132 valence electrons. The van der Waals surface area contributed by atoms with E-state index in [1.54, 1.807) is 0 Å². The average Bonchev–Trinajstić information content (AvgIpc) is 2.98. The molecule has 3 heterocycles. The molecule has 2 aromatic rings. The van der Waals surface area contributed by atoms with Gasteiger partial charge in [-0.3, -0.25) is 0 Å². The van der Waals surface area contributed by atoms with Crippen LogP contribution in [-0.2, 0) is 9.47 Å². The van der Waals surface area contributed by atoms with Crippen molar-refractivity contribution in [2.75, 3.05) is 44.4 Å². The summed E-state index contributed by atoms with van der Waals surface area (Å²) in [4.78, 5) is 11.5. The Balaban J connectivity index is 1.40. The molecule has 6 nitrogen and oxygen atoms in total. The molecule has 2 saturated heterocycles. The minimum Gasteiger partial charge on any atom is -0.377 e. The van der Waals surface area contributed by atoms with Crippen LogP contribution in [0.1, 0.15) is 6.42 Å². The summed E-state index contributed by atoms with van der Waals surface area (Å²) in [6.45, 7) is 4.69. The Labute approximate surface area is 148 Å². The van der Waals surface area contributed by atoms with E-state index < -0.39 is 0 Å². The molecule has 2 aliphatic rings. The number of hydrogen-bond acceptors (Lipinski definition) is 6. The van der Waals surface area contributed by atoms with Gasteiger partial charge in [-0.2, -0.15) is 0 Å². The molecule has 0 bridgehead atoms. The Bertz CT molecular complexity index is 674. The van der Waals surface area contributed by atoms with Gasteiger partial charge in [0.2, 0.25) is 5.95 Å². The van der Waals surface area contributed by atoms with Crippen LogP contribution in [0.2, 0.25) is 0 Å². The first-order valence-corrected chi connectivity index (χ1v) is 8.93. The van der Waals surface area contributed by atoms with Gasteiger partial charge < -0.3 is 19.7 Å². The Hall–Kier alpha value is -2.02. The van der Waals surface area contributed by atoms with Crippen LogP contribution in [0.5, 0.6) is 0 Å². The third kappa shape index (κ3) is 4.15. The van der Waals surface area contributed by atoms with E-state index >= 15 is 0 Å². The maximum atomic E-state index is 5.57. The van der Waals surface area contributed by atoms with Gasteiger partial charge in [0.05, 0.1) is 38.2 Å². The molecule has 1 N–H and O–H groups in total. The van der Waals surface area contributed by atoms with Crippen LogP contribution in [0, 0.1) is 0 Å². The highest BCUT2D eigenvalue weighted by atomic mass is 16.5. The van der Waals surface area contributed by atoms with Crippen LogP contribution in [0.25, 0.3) is 11.3 Å². The molecule has 1 aromatic carbocycles. The number of hydrogen-bond donors (Lipinski definition) is 1. The van der Waals surface area contributed by atoms with Crippen LogP contribution in [0.3, 0.4) is 0 Å². The van der Waals surface area contributed by atoms with E-state index in [0.29, 0.717) is 19.3 Å². The lowest BCUT2D eigenvalue weighted by Crippen LogP contribution is -2.44. The minimum atomic E-state index is 0.268. The van der Waals surface area contributed by atoms with Crippen molar-refractivity contribution in [1.29, 1.82) is 0 Å². The second kappa shape index (κ2) is 7.91. The van der Waals surface area contributed by atoms with Gasteiger partial charge in [0.15, 0.2) is 0 Å². The number of ether oxygens (including phenoxy) is 2. The lowest BCUT2D eigenvalue weighted by molar-refractivity contribution is 0.103. The lowest BCUT2D eigenvalue weighted by atomic mass is 10.1. The lowest BCUT2D eigenvalue weighted by Gasteiger charge is -2.21. The van der Waals surface area contributed by atoms with Gasteiger partial charge in [0, 0.05) is 30.9 Å². The van der Waals surface area contributed by atoms with Gasteiger partial charge in [0.1, 0.15) is 0 Å². The molecule has 0 amide bonds. The highest BCUT2D eigenvalue weighted by molar-refractivity contribution is 5.59. The fourth-order valence-corrected chi connectivity index (χ4v) is 3.40. The molecule has 1 aromatic heterocycles. The zero-order valence-corrected chi connectivity index (χ0v) is 14.3. The van der Waals surface area contributed by atoms with Gasteiger partial charge in [-0.15, -0.1) is 0 Å². The Kier molecular flexibility index (Phi) is 5.20. The zero-order valence-electron chi connectivity index (χ0n) is 14.3. The normalized spacial score (nSPS) is 22.1. The van der Waals surface area contributed by atoms with Gasteiger partial charge >= 0.3 is 0 Å². The highest BCUT2D eigenvalue weighted by Gasteiger charge is 2.27. The summed E-state index contributed by atoms with van der Waals surface area (Å²) in [7, 11) is 0. The quantitative estimate of drug-likeness (QED) is 0.915. The predicted molar refractivity (Wildman–Crippen MR) is 96.6 cm³/mol. The average molecular weight is 340 g/mol. The van der Waals surface area contributed by atoms with Crippen LogP contribution in [0.15, 0.2) is 42.6 Å². The molecule has 4 rings (SSSR count). The predicted octanol–water partition coefficient (Wildman–Crippen LogP) is 1.73. The van der Waals surface area contributed by atoms with Gasteiger partial charge in [-0.1, -0.05) is 30.3 Å². The van der Waals surface area contributed by atoms with Gasteiger partial charge in [-0.05, 0) is 12.5 Å². The van der Waals surface area contributed by atoms with E-state index in [1.807, 2.05) is 30.5 Å². The smallest absolute Gasteiger partial charge is 0.225 e. The van der Waals surface area contributed by atoms with E-state index in [2.05, 4.69) is 27.3 Å². The molecule has 2 aliphatic heterocycles. The standard InChI is InChI=1S/C19H24N4O2/c1-2-4-15(5-3-1)18-6-8-20-19(22-18)23-9-7-16(12-23)21-17-13-24-10-11-25-14-17/h1-6,8,16-17,21H,7,9-14H2. The summed E-state index contributed by atoms with van der Waals surface area (Å²) in [6.07, 6.45) is 2.92.